The van der Waals surface area contributed by atoms with Gasteiger partial charge < -0.3 is 10.4 Å². The van der Waals surface area contributed by atoms with E-state index in [1.807, 2.05) is 0 Å². The van der Waals surface area contributed by atoms with Crippen molar-refractivity contribution in [1.82, 2.24) is 20.1 Å². The first-order valence-corrected chi connectivity index (χ1v) is 10.0. The Bertz CT molecular complexity index is 1060. The first-order chi connectivity index (χ1) is 14.8. The minimum absolute atomic E-state index is 0.100. The van der Waals surface area contributed by atoms with Gasteiger partial charge in [-0.1, -0.05) is 36.4 Å². The predicted octanol–water partition coefficient (Wildman–Crippen LogP) is 3.99. The van der Waals surface area contributed by atoms with Crippen LogP contribution in [-0.4, -0.2) is 37.9 Å². The summed E-state index contributed by atoms with van der Waals surface area (Å²) in [4.78, 5) is 17.1. The SMILES string of the molecule is O=C(NC1CCC(O)CC1)c1nc(-c2ccccc2)n(-c2cccc(C(F)(F)F)c2)n1. The molecule has 1 aliphatic rings. The zero-order valence-corrected chi connectivity index (χ0v) is 16.5. The minimum Gasteiger partial charge on any atom is -0.393 e. The number of hydrogen-bond acceptors (Lipinski definition) is 4. The zero-order valence-electron chi connectivity index (χ0n) is 16.5. The predicted molar refractivity (Wildman–Crippen MR) is 108 cm³/mol. The second-order valence-corrected chi connectivity index (χ2v) is 7.56. The highest BCUT2D eigenvalue weighted by atomic mass is 19.4. The summed E-state index contributed by atoms with van der Waals surface area (Å²) < 4.78 is 40.9. The number of nitrogens with zero attached hydrogens (tertiary/aromatic N) is 3. The Morgan fingerprint density at radius 3 is 2.42 bits per heavy atom. The maximum absolute atomic E-state index is 13.2. The number of aliphatic hydroxyl groups is 1. The maximum atomic E-state index is 13.2. The lowest BCUT2D eigenvalue weighted by atomic mass is 9.93. The highest BCUT2D eigenvalue weighted by Gasteiger charge is 2.31. The molecule has 0 spiro atoms. The van der Waals surface area contributed by atoms with Crippen molar-refractivity contribution in [3.05, 3.63) is 66.0 Å². The molecule has 0 atom stereocenters. The van der Waals surface area contributed by atoms with Gasteiger partial charge in [-0.25, -0.2) is 9.67 Å². The number of hydrogen-bond donors (Lipinski definition) is 2. The van der Waals surface area contributed by atoms with E-state index in [-0.39, 0.29) is 29.5 Å². The number of halogens is 3. The molecule has 1 saturated carbocycles. The summed E-state index contributed by atoms with van der Waals surface area (Å²) in [7, 11) is 0. The Balaban J connectivity index is 1.69. The standard InChI is InChI=1S/C22H21F3N4O2/c23-22(24,25)15-7-4-8-17(13-15)29-20(14-5-2-1-3-6-14)27-19(28-29)21(31)26-16-9-11-18(30)12-10-16/h1-8,13,16,18,30H,9-12H2,(H,26,31). The van der Waals surface area contributed by atoms with E-state index in [0.29, 0.717) is 31.2 Å². The number of alkyl halides is 3. The number of carbonyl (C=O) groups is 1. The third-order valence-corrected chi connectivity index (χ3v) is 5.29. The first-order valence-electron chi connectivity index (χ1n) is 10.0. The molecule has 0 aliphatic heterocycles. The van der Waals surface area contributed by atoms with Gasteiger partial charge >= 0.3 is 6.18 Å². The zero-order chi connectivity index (χ0) is 22.0. The molecule has 0 saturated heterocycles. The fourth-order valence-corrected chi connectivity index (χ4v) is 3.65. The summed E-state index contributed by atoms with van der Waals surface area (Å²) in [5.41, 5.74) is -0.0421. The summed E-state index contributed by atoms with van der Waals surface area (Å²) in [6.07, 6.45) is -2.36. The molecular weight excluding hydrogens is 409 g/mol. The molecule has 1 heterocycles. The van der Waals surface area contributed by atoms with E-state index in [2.05, 4.69) is 15.4 Å². The molecule has 1 amide bonds. The lowest BCUT2D eigenvalue weighted by Gasteiger charge is -2.25. The van der Waals surface area contributed by atoms with Gasteiger partial charge in [0, 0.05) is 11.6 Å². The van der Waals surface area contributed by atoms with Gasteiger partial charge in [0.05, 0.1) is 17.4 Å². The summed E-state index contributed by atoms with van der Waals surface area (Å²) in [6, 6.07) is 13.5. The monoisotopic (exact) mass is 430 g/mol. The normalized spacial score (nSPS) is 19.2. The maximum Gasteiger partial charge on any atom is 0.416 e. The van der Waals surface area contributed by atoms with E-state index in [1.165, 1.54) is 16.8 Å². The summed E-state index contributed by atoms with van der Waals surface area (Å²) >= 11 is 0. The first kappa shape index (κ1) is 21.0. The van der Waals surface area contributed by atoms with Gasteiger partial charge in [0.25, 0.3) is 5.91 Å². The van der Waals surface area contributed by atoms with E-state index in [9.17, 15) is 23.1 Å². The van der Waals surface area contributed by atoms with Crippen molar-refractivity contribution in [3.63, 3.8) is 0 Å². The Morgan fingerprint density at radius 2 is 1.74 bits per heavy atom. The van der Waals surface area contributed by atoms with Crippen LogP contribution in [0.2, 0.25) is 0 Å². The molecule has 4 rings (SSSR count). The molecule has 0 unspecified atom stereocenters. The Kier molecular flexibility index (Phi) is 5.77. The Morgan fingerprint density at radius 1 is 1.03 bits per heavy atom. The largest absolute Gasteiger partial charge is 0.416 e. The van der Waals surface area contributed by atoms with Crippen LogP contribution in [0.4, 0.5) is 13.2 Å². The van der Waals surface area contributed by atoms with Crippen LogP contribution in [0.1, 0.15) is 41.9 Å². The van der Waals surface area contributed by atoms with E-state index < -0.39 is 17.6 Å². The average Bonchev–Trinajstić information content (AvgIpc) is 3.21. The van der Waals surface area contributed by atoms with Gasteiger partial charge in [-0.15, -0.1) is 5.10 Å². The number of rotatable bonds is 4. The fraction of sp³-hybridized carbons (Fsp3) is 0.318. The lowest BCUT2D eigenvalue weighted by Crippen LogP contribution is -2.39. The Hall–Kier alpha value is -3.20. The minimum atomic E-state index is -4.50. The van der Waals surface area contributed by atoms with E-state index in [0.717, 1.165) is 12.1 Å². The smallest absolute Gasteiger partial charge is 0.393 e. The molecule has 2 aromatic carbocycles. The van der Waals surface area contributed by atoms with Crippen LogP contribution in [0.5, 0.6) is 0 Å². The molecule has 0 radical (unpaired) electrons. The molecule has 1 aromatic heterocycles. The van der Waals surface area contributed by atoms with Gasteiger partial charge in [0.1, 0.15) is 0 Å². The van der Waals surface area contributed by atoms with Crippen LogP contribution in [0.3, 0.4) is 0 Å². The number of carbonyl (C=O) groups excluding carboxylic acids is 1. The van der Waals surface area contributed by atoms with Gasteiger partial charge in [0.2, 0.25) is 5.82 Å². The molecule has 0 bridgehead atoms. The molecular formula is C22H21F3N4O2. The van der Waals surface area contributed by atoms with Crippen LogP contribution in [0.15, 0.2) is 54.6 Å². The number of aliphatic hydroxyl groups excluding tert-OH is 1. The number of nitrogens with one attached hydrogen (secondary N) is 1. The van der Waals surface area contributed by atoms with Crippen LogP contribution >= 0.6 is 0 Å². The summed E-state index contributed by atoms with van der Waals surface area (Å²) in [5, 5.41) is 16.7. The second kappa shape index (κ2) is 8.50. The van der Waals surface area contributed by atoms with Crippen molar-refractivity contribution in [1.29, 1.82) is 0 Å². The van der Waals surface area contributed by atoms with Crippen molar-refractivity contribution in [2.75, 3.05) is 0 Å². The summed E-state index contributed by atoms with van der Waals surface area (Å²) in [5.74, 6) is -0.351. The number of benzene rings is 2. The van der Waals surface area contributed by atoms with Crippen LogP contribution in [0, 0.1) is 0 Å². The molecule has 9 heteroatoms. The summed E-state index contributed by atoms with van der Waals surface area (Å²) in [6.45, 7) is 0. The van der Waals surface area contributed by atoms with Gasteiger partial charge in [-0.3, -0.25) is 4.79 Å². The highest BCUT2D eigenvalue weighted by Crippen LogP contribution is 2.31. The average molecular weight is 430 g/mol. The van der Waals surface area contributed by atoms with Crippen molar-refractivity contribution in [3.8, 4) is 17.1 Å². The van der Waals surface area contributed by atoms with Crippen LogP contribution in [-0.2, 0) is 6.18 Å². The van der Waals surface area contributed by atoms with Crippen LogP contribution in [0.25, 0.3) is 17.1 Å². The highest BCUT2D eigenvalue weighted by molar-refractivity contribution is 5.91. The van der Waals surface area contributed by atoms with Gasteiger partial charge in [-0.05, 0) is 43.9 Å². The molecule has 1 aliphatic carbocycles. The van der Waals surface area contributed by atoms with E-state index in [1.54, 1.807) is 30.3 Å². The van der Waals surface area contributed by atoms with Gasteiger partial charge in [0.15, 0.2) is 5.82 Å². The van der Waals surface area contributed by atoms with Crippen molar-refractivity contribution < 1.29 is 23.1 Å². The van der Waals surface area contributed by atoms with E-state index >= 15 is 0 Å². The Labute approximate surface area is 176 Å². The van der Waals surface area contributed by atoms with Crippen molar-refractivity contribution >= 4 is 5.91 Å². The molecule has 6 nitrogen and oxygen atoms in total. The third-order valence-electron chi connectivity index (χ3n) is 5.29. The topological polar surface area (TPSA) is 80.0 Å². The van der Waals surface area contributed by atoms with Crippen molar-refractivity contribution in [2.24, 2.45) is 0 Å². The molecule has 162 valence electrons. The molecule has 31 heavy (non-hydrogen) atoms. The van der Waals surface area contributed by atoms with E-state index in [4.69, 9.17) is 0 Å². The fourth-order valence-electron chi connectivity index (χ4n) is 3.65. The number of aromatic nitrogens is 3. The number of amides is 1. The van der Waals surface area contributed by atoms with Gasteiger partial charge in [-0.2, -0.15) is 13.2 Å². The molecule has 3 aromatic rings. The van der Waals surface area contributed by atoms with Crippen LogP contribution < -0.4 is 5.32 Å². The molecule has 1 fully saturated rings. The molecule has 2 N–H and O–H groups in total. The lowest BCUT2D eigenvalue weighted by molar-refractivity contribution is -0.137. The van der Waals surface area contributed by atoms with Crippen molar-refractivity contribution in [2.45, 2.75) is 44.0 Å². The quantitative estimate of drug-likeness (QED) is 0.656. The third kappa shape index (κ3) is 4.77. The second-order valence-electron chi connectivity index (χ2n) is 7.56.